The summed E-state index contributed by atoms with van der Waals surface area (Å²) in [5.41, 5.74) is 7.32. The molecule has 0 unspecified atom stereocenters. The van der Waals surface area contributed by atoms with E-state index in [9.17, 15) is 4.39 Å². The third kappa shape index (κ3) is 3.05. The maximum absolute atomic E-state index is 13.5. The Bertz CT molecular complexity index is 527. The minimum absolute atomic E-state index is 0.265. The van der Waals surface area contributed by atoms with Crippen LogP contribution in [0.4, 0.5) is 4.39 Å². The van der Waals surface area contributed by atoms with Crippen LogP contribution in [-0.2, 0) is 12.8 Å². The average Bonchev–Trinajstić information content (AvgIpc) is 2.77. The Kier molecular flexibility index (Phi) is 4.28. The van der Waals surface area contributed by atoms with Gasteiger partial charge in [0.05, 0.1) is 17.8 Å². The first-order valence-corrected chi connectivity index (χ1v) is 6.56. The van der Waals surface area contributed by atoms with Crippen molar-refractivity contribution >= 4 is 11.3 Å². The van der Waals surface area contributed by atoms with E-state index in [1.54, 1.807) is 17.4 Å². The molecule has 2 aromatic rings. The fraction of sp³-hybridized carbons (Fsp3) is 0.308. The molecule has 0 aliphatic rings. The molecule has 1 aromatic carbocycles. The van der Waals surface area contributed by atoms with Crippen LogP contribution in [0.25, 0.3) is 0 Å². The van der Waals surface area contributed by atoms with Crippen molar-refractivity contribution in [2.24, 2.45) is 5.73 Å². The van der Waals surface area contributed by atoms with E-state index < -0.39 is 0 Å². The summed E-state index contributed by atoms with van der Waals surface area (Å²) >= 11 is 1.60. The average molecular weight is 266 g/mol. The third-order valence-electron chi connectivity index (χ3n) is 2.56. The molecule has 2 rings (SSSR count). The van der Waals surface area contributed by atoms with Crippen molar-refractivity contribution in [1.82, 2.24) is 4.98 Å². The van der Waals surface area contributed by atoms with Gasteiger partial charge in [-0.3, -0.25) is 0 Å². The number of hydrogen-bond donors (Lipinski definition) is 1. The number of nitrogens with zero attached hydrogens (tertiary/aromatic N) is 1. The van der Waals surface area contributed by atoms with E-state index in [4.69, 9.17) is 10.5 Å². The normalized spacial score (nSPS) is 10.6. The summed E-state index contributed by atoms with van der Waals surface area (Å²) in [6.07, 6.45) is 1.42. The van der Waals surface area contributed by atoms with Crippen LogP contribution in [0.2, 0.25) is 0 Å². The van der Waals surface area contributed by atoms with E-state index in [-0.39, 0.29) is 11.6 Å². The van der Waals surface area contributed by atoms with Gasteiger partial charge in [0.2, 0.25) is 0 Å². The molecule has 0 saturated carbocycles. The smallest absolute Gasteiger partial charge is 0.165 e. The van der Waals surface area contributed by atoms with Crippen LogP contribution in [0.15, 0.2) is 23.6 Å². The second-order valence-corrected chi connectivity index (χ2v) is 4.86. The van der Waals surface area contributed by atoms with Crippen molar-refractivity contribution in [3.63, 3.8) is 0 Å². The number of hydrogen-bond acceptors (Lipinski definition) is 4. The molecule has 5 heteroatoms. The predicted octanol–water partition coefficient (Wildman–Crippen LogP) is 2.38. The van der Waals surface area contributed by atoms with E-state index in [0.717, 1.165) is 22.7 Å². The molecule has 0 aliphatic carbocycles. The predicted molar refractivity (Wildman–Crippen MR) is 70.6 cm³/mol. The Morgan fingerprint density at radius 2 is 2.28 bits per heavy atom. The van der Waals surface area contributed by atoms with Gasteiger partial charge in [0.1, 0.15) is 0 Å². The van der Waals surface area contributed by atoms with Gasteiger partial charge in [-0.25, -0.2) is 9.37 Å². The van der Waals surface area contributed by atoms with Gasteiger partial charge in [-0.15, -0.1) is 11.3 Å². The Labute approximate surface area is 109 Å². The van der Waals surface area contributed by atoms with Crippen LogP contribution >= 0.6 is 11.3 Å². The molecule has 2 N–H and O–H groups in total. The summed E-state index contributed by atoms with van der Waals surface area (Å²) in [5, 5.41) is 3.02. The van der Waals surface area contributed by atoms with E-state index in [1.807, 2.05) is 11.4 Å². The van der Waals surface area contributed by atoms with E-state index in [0.29, 0.717) is 13.0 Å². The molecule has 1 heterocycles. The van der Waals surface area contributed by atoms with Crippen LogP contribution in [0.1, 0.15) is 16.3 Å². The summed E-state index contributed by atoms with van der Waals surface area (Å²) in [6.45, 7) is 0.601. The number of thiazole rings is 1. The monoisotopic (exact) mass is 266 g/mol. The highest BCUT2D eigenvalue weighted by Gasteiger charge is 2.06. The van der Waals surface area contributed by atoms with Gasteiger partial charge in [0, 0.05) is 18.2 Å². The molecular weight excluding hydrogens is 251 g/mol. The first kappa shape index (κ1) is 13.0. The molecule has 1 aromatic heterocycles. The molecule has 0 spiro atoms. The molecule has 0 atom stereocenters. The third-order valence-corrected chi connectivity index (χ3v) is 3.52. The highest BCUT2D eigenvalue weighted by molar-refractivity contribution is 7.09. The van der Waals surface area contributed by atoms with Gasteiger partial charge < -0.3 is 10.5 Å². The van der Waals surface area contributed by atoms with Crippen molar-refractivity contribution in [3.8, 4) is 5.75 Å². The number of benzene rings is 1. The van der Waals surface area contributed by atoms with Crippen LogP contribution in [-0.4, -0.2) is 18.6 Å². The number of halogens is 1. The van der Waals surface area contributed by atoms with Gasteiger partial charge in [0.15, 0.2) is 11.6 Å². The highest BCUT2D eigenvalue weighted by atomic mass is 32.1. The minimum Gasteiger partial charge on any atom is -0.494 e. The van der Waals surface area contributed by atoms with Gasteiger partial charge in [-0.2, -0.15) is 0 Å². The largest absolute Gasteiger partial charge is 0.494 e. The van der Waals surface area contributed by atoms with Crippen molar-refractivity contribution < 1.29 is 9.13 Å². The minimum atomic E-state index is -0.340. The van der Waals surface area contributed by atoms with Crippen LogP contribution < -0.4 is 10.5 Å². The first-order valence-electron chi connectivity index (χ1n) is 5.68. The standard InChI is InChI=1S/C13H15FN2OS/c1-17-12-3-2-9(7-11(12)14)6-10-8-18-13(16-10)4-5-15/h2-3,7-8H,4-6,15H2,1H3. The second kappa shape index (κ2) is 5.93. The molecule has 0 bridgehead atoms. The number of aromatic nitrogens is 1. The topological polar surface area (TPSA) is 48.1 Å². The maximum atomic E-state index is 13.5. The molecule has 0 radical (unpaired) electrons. The zero-order chi connectivity index (χ0) is 13.0. The molecule has 3 nitrogen and oxygen atoms in total. The molecule has 0 saturated heterocycles. The SMILES string of the molecule is COc1ccc(Cc2csc(CCN)n2)cc1F. The van der Waals surface area contributed by atoms with Crippen LogP contribution in [0, 0.1) is 5.82 Å². The summed E-state index contributed by atoms with van der Waals surface area (Å²) in [5.74, 6) is -0.0757. The molecule has 0 amide bonds. The summed E-state index contributed by atoms with van der Waals surface area (Å²) in [7, 11) is 1.46. The summed E-state index contributed by atoms with van der Waals surface area (Å²) < 4.78 is 18.4. The van der Waals surface area contributed by atoms with Crippen molar-refractivity contribution in [2.75, 3.05) is 13.7 Å². The lowest BCUT2D eigenvalue weighted by atomic mass is 10.1. The quantitative estimate of drug-likeness (QED) is 0.904. The lowest BCUT2D eigenvalue weighted by molar-refractivity contribution is 0.386. The Morgan fingerprint density at radius 1 is 1.44 bits per heavy atom. The summed E-state index contributed by atoms with van der Waals surface area (Å²) in [6, 6.07) is 4.97. The van der Waals surface area contributed by atoms with Gasteiger partial charge >= 0.3 is 0 Å². The lowest BCUT2D eigenvalue weighted by Gasteiger charge is -2.03. The van der Waals surface area contributed by atoms with Crippen LogP contribution in [0.5, 0.6) is 5.75 Å². The van der Waals surface area contributed by atoms with Crippen molar-refractivity contribution in [1.29, 1.82) is 0 Å². The van der Waals surface area contributed by atoms with Gasteiger partial charge in [-0.1, -0.05) is 6.07 Å². The second-order valence-electron chi connectivity index (χ2n) is 3.92. The Hall–Kier alpha value is -1.46. The number of nitrogens with two attached hydrogens (primary N) is 1. The van der Waals surface area contributed by atoms with Gasteiger partial charge in [0.25, 0.3) is 0 Å². The molecule has 18 heavy (non-hydrogen) atoms. The van der Waals surface area contributed by atoms with Crippen molar-refractivity contribution in [2.45, 2.75) is 12.8 Å². The molecular formula is C13H15FN2OS. The number of ether oxygens (including phenoxy) is 1. The summed E-state index contributed by atoms with van der Waals surface area (Å²) in [4.78, 5) is 4.45. The first-order chi connectivity index (χ1) is 8.72. The fourth-order valence-corrected chi connectivity index (χ4v) is 2.51. The number of rotatable bonds is 5. The van der Waals surface area contributed by atoms with E-state index >= 15 is 0 Å². The van der Waals surface area contributed by atoms with Crippen LogP contribution in [0.3, 0.4) is 0 Å². The molecule has 96 valence electrons. The van der Waals surface area contributed by atoms with E-state index in [2.05, 4.69) is 4.98 Å². The zero-order valence-electron chi connectivity index (χ0n) is 10.1. The fourth-order valence-electron chi connectivity index (χ4n) is 1.70. The lowest BCUT2D eigenvalue weighted by Crippen LogP contribution is -2.02. The Morgan fingerprint density at radius 3 is 2.94 bits per heavy atom. The Balaban J connectivity index is 2.10. The highest BCUT2D eigenvalue weighted by Crippen LogP contribution is 2.20. The van der Waals surface area contributed by atoms with Gasteiger partial charge in [-0.05, 0) is 24.2 Å². The van der Waals surface area contributed by atoms with Crippen molar-refractivity contribution in [3.05, 3.63) is 45.7 Å². The zero-order valence-corrected chi connectivity index (χ0v) is 11.0. The molecule has 0 fully saturated rings. The van der Waals surface area contributed by atoms with E-state index in [1.165, 1.54) is 13.2 Å². The maximum Gasteiger partial charge on any atom is 0.165 e. The number of methoxy groups -OCH3 is 1. The molecule has 0 aliphatic heterocycles.